The van der Waals surface area contributed by atoms with E-state index in [-0.39, 0.29) is 12.5 Å². The quantitative estimate of drug-likeness (QED) is 0.745. The minimum Gasteiger partial charge on any atom is -0.482 e. The third-order valence-electron chi connectivity index (χ3n) is 2.39. The van der Waals surface area contributed by atoms with Crippen molar-refractivity contribution in [3.05, 3.63) is 28.8 Å². The fraction of sp³-hybridized carbons (Fsp3) is 0.462. The first-order valence-corrected chi connectivity index (χ1v) is 6.37. The lowest BCUT2D eigenvalue weighted by Gasteiger charge is -2.09. The lowest BCUT2D eigenvalue weighted by Crippen LogP contribution is -2.24. The van der Waals surface area contributed by atoms with E-state index in [0.717, 1.165) is 25.1 Å². The van der Waals surface area contributed by atoms with Crippen LogP contribution in [0.1, 0.15) is 18.9 Å². The Morgan fingerprint density at radius 2 is 2.22 bits per heavy atom. The van der Waals surface area contributed by atoms with Gasteiger partial charge in [0.05, 0.1) is 5.02 Å². The second kappa shape index (κ2) is 7.95. The van der Waals surface area contributed by atoms with Crippen LogP contribution in [0.15, 0.2) is 18.2 Å². The number of halogens is 1. The molecule has 18 heavy (non-hydrogen) atoms. The molecule has 4 nitrogen and oxygen atoms in total. The molecule has 0 saturated heterocycles. The maximum Gasteiger partial charge on any atom is 0.257 e. The largest absolute Gasteiger partial charge is 0.482 e. The molecule has 0 aliphatic rings. The summed E-state index contributed by atoms with van der Waals surface area (Å²) in [5.41, 5.74) is 1.10. The molecular weight excluding hydrogens is 252 g/mol. The number of nitrogens with one attached hydrogen (secondary N) is 2. The van der Waals surface area contributed by atoms with Crippen molar-refractivity contribution in [1.82, 2.24) is 10.6 Å². The summed E-state index contributed by atoms with van der Waals surface area (Å²) in [5.74, 6) is 0.347. The van der Waals surface area contributed by atoms with Crippen molar-refractivity contribution in [3.63, 3.8) is 0 Å². The predicted octanol–water partition coefficient (Wildman–Crippen LogP) is 1.96. The van der Waals surface area contributed by atoms with Gasteiger partial charge in [0, 0.05) is 13.6 Å². The van der Waals surface area contributed by atoms with Gasteiger partial charge in [0.15, 0.2) is 6.61 Å². The van der Waals surface area contributed by atoms with Crippen LogP contribution in [0, 0.1) is 0 Å². The zero-order chi connectivity index (χ0) is 13.4. The summed E-state index contributed by atoms with van der Waals surface area (Å²) in [6.07, 6.45) is 1.10. The van der Waals surface area contributed by atoms with E-state index in [4.69, 9.17) is 16.3 Å². The predicted molar refractivity (Wildman–Crippen MR) is 73.0 cm³/mol. The van der Waals surface area contributed by atoms with Crippen molar-refractivity contribution < 1.29 is 9.53 Å². The molecule has 0 heterocycles. The standard InChI is InChI=1S/C13H19ClN2O2/c1-3-6-16-8-10-4-5-12(11(14)7-10)18-9-13(17)15-2/h4-5,7,16H,3,6,8-9H2,1-2H3,(H,15,17). The number of rotatable bonds is 7. The van der Waals surface area contributed by atoms with Gasteiger partial charge in [-0.2, -0.15) is 0 Å². The maximum atomic E-state index is 11.0. The Labute approximate surface area is 113 Å². The zero-order valence-corrected chi connectivity index (χ0v) is 11.5. The van der Waals surface area contributed by atoms with Crippen molar-refractivity contribution in [1.29, 1.82) is 0 Å². The fourth-order valence-electron chi connectivity index (χ4n) is 1.40. The van der Waals surface area contributed by atoms with Gasteiger partial charge in [0.25, 0.3) is 5.91 Å². The normalized spacial score (nSPS) is 10.2. The molecule has 1 rings (SSSR count). The maximum absolute atomic E-state index is 11.0. The highest BCUT2D eigenvalue weighted by atomic mass is 35.5. The van der Waals surface area contributed by atoms with E-state index >= 15 is 0 Å². The van der Waals surface area contributed by atoms with Crippen LogP contribution < -0.4 is 15.4 Å². The summed E-state index contributed by atoms with van der Waals surface area (Å²) in [6, 6.07) is 5.57. The van der Waals surface area contributed by atoms with Crippen LogP contribution in [0.4, 0.5) is 0 Å². The molecule has 0 aromatic heterocycles. The highest BCUT2D eigenvalue weighted by molar-refractivity contribution is 6.32. The summed E-state index contributed by atoms with van der Waals surface area (Å²) in [6.45, 7) is 3.86. The molecule has 2 N–H and O–H groups in total. The van der Waals surface area contributed by atoms with Gasteiger partial charge in [-0.3, -0.25) is 4.79 Å². The Morgan fingerprint density at radius 3 is 2.83 bits per heavy atom. The SMILES string of the molecule is CCCNCc1ccc(OCC(=O)NC)c(Cl)c1. The summed E-state index contributed by atoms with van der Waals surface area (Å²) >= 11 is 6.08. The van der Waals surface area contributed by atoms with Gasteiger partial charge in [0.1, 0.15) is 5.75 Å². The Kier molecular flexibility index (Phi) is 6.54. The topological polar surface area (TPSA) is 50.4 Å². The summed E-state index contributed by atoms with van der Waals surface area (Å²) in [5, 5.41) is 6.30. The van der Waals surface area contributed by atoms with E-state index in [1.165, 1.54) is 0 Å². The van der Waals surface area contributed by atoms with Crippen molar-refractivity contribution in [2.45, 2.75) is 19.9 Å². The van der Waals surface area contributed by atoms with E-state index in [9.17, 15) is 4.79 Å². The number of amides is 1. The third kappa shape index (κ3) is 4.94. The average molecular weight is 271 g/mol. The molecule has 1 aromatic rings. The Morgan fingerprint density at radius 1 is 1.44 bits per heavy atom. The molecule has 100 valence electrons. The first kappa shape index (κ1) is 14.8. The van der Waals surface area contributed by atoms with Crippen LogP contribution in [0.5, 0.6) is 5.75 Å². The van der Waals surface area contributed by atoms with Gasteiger partial charge in [-0.25, -0.2) is 0 Å². The second-order valence-corrected chi connectivity index (χ2v) is 4.31. The summed E-state index contributed by atoms with van der Waals surface area (Å²) in [7, 11) is 1.57. The minimum atomic E-state index is -0.181. The molecule has 0 bridgehead atoms. The average Bonchev–Trinajstić information content (AvgIpc) is 2.37. The molecule has 0 fully saturated rings. The molecule has 1 amide bonds. The third-order valence-corrected chi connectivity index (χ3v) is 2.69. The van der Waals surface area contributed by atoms with E-state index in [0.29, 0.717) is 10.8 Å². The van der Waals surface area contributed by atoms with Crippen LogP contribution in [-0.2, 0) is 11.3 Å². The highest BCUT2D eigenvalue weighted by Crippen LogP contribution is 2.25. The second-order valence-electron chi connectivity index (χ2n) is 3.90. The van der Waals surface area contributed by atoms with Gasteiger partial charge in [0.2, 0.25) is 0 Å². The molecule has 0 aliphatic carbocycles. The Hall–Kier alpha value is -1.26. The molecule has 1 aromatic carbocycles. The lowest BCUT2D eigenvalue weighted by atomic mass is 10.2. The number of benzene rings is 1. The molecule has 0 saturated carbocycles. The van der Waals surface area contributed by atoms with E-state index in [1.807, 2.05) is 12.1 Å². The lowest BCUT2D eigenvalue weighted by molar-refractivity contribution is -0.122. The molecule has 0 unspecified atom stereocenters. The van der Waals surface area contributed by atoms with Crippen molar-refractivity contribution in [3.8, 4) is 5.75 Å². The van der Waals surface area contributed by atoms with E-state index < -0.39 is 0 Å². The fourth-order valence-corrected chi connectivity index (χ4v) is 1.65. The molecule has 0 spiro atoms. The van der Waals surface area contributed by atoms with Crippen LogP contribution in [0.25, 0.3) is 0 Å². The Balaban J connectivity index is 2.53. The van der Waals surface area contributed by atoms with Crippen molar-refractivity contribution in [2.24, 2.45) is 0 Å². The number of carbonyl (C=O) groups excluding carboxylic acids is 1. The van der Waals surface area contributed by atoms with Gasteiger partial charge in [-0.05, 0) is 30.7 Å². The number of hydrogen-bond donors (Lipinski definition) is 2. The van der Waals surface area contributed by atoms with Gasteiger partial charge >= 0.3 is 0 Å². The van der Waals surface area contributed by atoms with Crippen molar-refractivity contribution in [2.75, 3.05) is 20.2 Å². The molecule has 0 radical (unpaired) electrons. The van der Waals surface area contributed by atoms with Crippen LogP contribution in [0.3, 0.4) is 0 Å². The number of ether oxygens (including phenoxy) is 1. The number of carbonyl (C=O) groups is 1. The monoisotopic (exact) mass is 270 g/mol. The smallest absolute Gasteiger partial charge is 0.257 e. The van der Waals surface area contributed by atoms with Gasteiger partial charge < -0.3 is 15.4 Å². The summed E-state index contributed by atoms with van der Waals surface area (Å²) < 4.78 is 5.31. The Bertz CT molecular complexity index is 397. The van der Waals surface area contributed by atoms with Gasteiger partial charge in [-0.1, -0.05) is 24.6 Å². The number of likely N-dealkylation sites (N-methyl/N-ethyl adjacent to an activating group) is 1. The molecule has 5 heteroatoms. The van der Waals surface area contributed by atoms with E-state index in [1.54, 1.807) is 13.1 Å². The van der Waals surface area contributed by atoms with E-state index in [2.05, 4.69) is 17.6 Å². The minimum absolute atomic E-state index is 0.0242. The molecule has 0 atom stereocenters. The van der Waals surface area contributed by atoms with Crippen LogP contribution in [-0.4, -0.2) is 26.1 Å². The number of hydrogen-bond acceptors (Lipinski definition) is 3. The van der Waals surface area contributed by atoms with Crippen LogP contribution >= 0.6 is 11.6 Å². The molecule has 0 aliphatic heterocycles. The van der Waals surface area contributed by atoms with Crippen LogP contribution in [0.2, 0.25) is 5.02 Å². The van der Waals surface area contributed by atoms with Crippen molar-refractivity contribution >= 4 is 17.5 Å². The zero-order valence-electron chi connectivity index (χ0n) is 10.8. The highest BCUT2D eigenvalue weighted by Gasteiger charge is 2.05. The molecular formula is C13H19ClN2O2. The summed E-state index contributed by atoms with van der Waals surface area (Å²) in [4.78, 5) is 11.0. The van der Waals surface area contributed by atoms with Gasteiger partial charge in [-0.15, -0.1) is 0 Å². The first-order valence-electron chi connectivity index (χ1n) is 6.00. The first-order chi connectivity index (χ1) is 8.67.